The molecular formula is C23H25NO8. The van der Waals surface area contributed by atoms with Crippen LogP contribution < -0.4 is 14.2 Å². The van der Waals surface area contributed by atoms with Crippen molar-refractivity contribution in [2.24, 2.45) is 5.92 Å². The van der Waals surface area contributed by atoms with Crippen molar-refractivity contribution in [3.8, 4) is 17.2 Å². The second-order valence-corrected chi connectivity index (χ2v) is 7.22. The molecule has 32 heavy (non-hydrogen) atoms. The van der Waals surface area contributed by atoms with Crippen molar-refractivity contribution in [2.45, 2.75) is 18.5 Å². The second kappa shape index (κ2) is 9.59. The first-order chi connectivity index (χ1) is 15.4. The first-order valence-corrected chi connectivity index (χ1v) is 9.85. The molecule has 0 bridgehead atoms. The number of likely N-dealkylation sites (tertiary alicyclic amines) is 1. The molecule has 1 heterocycles. The first-order valence-electron chi connectivity index (χ1n) is 9.85. The minimum absolute atomic E-state index is 0.0717. The summed E-state index contributed by atoms with van der Waals surface area (Å²) in [6.07, 6.45) is -0.0717. The van der Waals surface area contributed by atoms with Crippen molar-refractivity contribution >= 4 is 17.8 Å². The molecule has 3 atom stereocenters. The van der Waals surface area contributed by atoms with Crippen molar-refractivity contribution in [1.29, 1.82) is 0 Å². The van der Waals surface area contributed by atoms with Crippen LogP contribution in [0, 0.1) is 5.92 Å². The quantitative estimate of drug-likeness (QED) is 0.650. The largest absolute Gasteiger partial charge is 0.497 e. The Hall–Kier alpha value is -3.75. The fourth-order valence-corrected chi connectivity index (χ4v) is 4.05. The molecule has 9 heteroatoms. The second-order valence-electron chi connectivity index (χ2n) is 7.22. The fraction of sp³-hybridized carbons (Fsp3) is 0.348. The normalized spacial score (nSPS) is 19.9. The number of carbonyl (C=O) groups is 3. The summed E-state index contributed by atoms with van der Waals surface area (Å²) in [5, 5.41) is 9.87. The third-order valence-corrected chi connectivity index (χ3v) is 5.61. The van der Waals surface area contributed by atoms with Gasteiger partial charge in [-0.25, -0.2) is 4.79 Å². The lowest BCUT2D eigenvalue weighted by Gasteiger charge is -2.30. The molecule has 0 aromatic heterocycles. The highest BCUT2D eigenvalue weighted by atomic mass is 16.5. The Morgan fingerprint density at radius 1 is 0.906 bits per heavy atom. The number of carboxylic acids is 1. The van der Waals surface area contributed by atoms with Gasteiger partial charge in [0.15, 0.2) is 11.5 Å². The minimum atomic E-state index is -1.22. The SMILES string of the molecule is COC(=O)C1CC(C(=O)O)N(C(=O)c2ccc(OC)c(OC)c2)C1c1ccc(OC)cc1. The van der Waals surface area contributed by atoms with Gasteiger partial charge in [0, 0.05) is 5.56 Å². The van der Waals surface area contributed by atoms with Crippen molar-refractivity contribution < 1.29 is 38.4 Å². The van der Waals surface area contributed by atoms with Crippen LogP contribution in [-0.2, 0) is 14.3 Å². The smallest absolute Gasteiger partial charge is 0.326 e. The minimum Gasteiger partial charge on any atom is -0.497 e. The number of amides is 1. The molecule has 2 aromatic rings. The lowest BCUT2D eigenvalue weighted by atomic mass is 9.93. The van der Waals surface area contributed by atoms with E-state index in [9.17, 15) is 19.5 Å². The summed E-state index contributed by atoms with van der Waals surface area (Å²) in [5.74, 6) is -1.84. The van der Waals surface area contributed by atoms with Crippen LogP contribution in [0.3, 0.4) is 0 Å². The molecule has 0 radical (unpaired) electrons. The topological polar surface area (TPSA) is 112 Å². The van der Waals surface area contributed by atoms with E-state index in [0.717, 1.165) is 0 Å². The predicted octanol–water partition coefficient (Wildman–Crippen LogP) is 2.54. The standard InChI is InChI=1S/C23H25NO8/c1-29-15-8-5-13(6-9-15)20-16(23(28)32-4)12-17(22(26)27)24(20)21(25)14-7-10-18(30-2)19(11-14)31-3/h5-11,16-17,20H,12H2,1-4H3,(H,26,27). The van der Waals surface area contributed by atoms with Crippen LogP contribution in [0.1, 0.15) is 28.4 Å². The molecule has 0 spiro atoms. The van der Waals surface area contributed by atoms with Gasteiger partial charge >= 0.3 is 11.9 Å². The zero-order chi connectivity index (χ0) is 23.4. The van der Waals surface area contributed by atoms with E-state index in [1.165, 1.54) is 45.5 Å². The van der Waals surface area contributed by atoms with Crippen LogP contribution in [0.5, 0.6) is 17.2 Å². The van der Waals surface area contributed by atoms with Gasteiger partial charge in [-0.3, -0.25) is 9.59 Å². The Labute approximate surface area is 185 Å². The molecule has 1 aliphatic rings. The lowest BCUT2D eigenvalue weighted by Crippen LogP contribution is -2.42. The van der Waals surface area contributed by atoms with E-state index in [2.05, 4.69) is 0 Å². The average Bonchev–Trinajstić information content (AvgIpc) is 3.23. The van der Waals surface area contributed by atoms with E-state index in [4.69, 9.17) is 18.9 Å². The molecule has 2 aromatic carbocycles. The molecule has 1 N–H and O–H groups in total. The summed E-state index contributed by atoms with van der Waals surface area (Å²) in [5.41, 5.74) is 0.803. The number of nitrogens with zero attached hydrogens (tertiary/aromatic N) is 1. The number of carboxylic acid groups (broad SMARTS) is 1. The third-order valence-electron chi connectivity index (χ3n) is 5.61. The molecule has 1 amide bonds. The average molecular weight is 443 g/mol. The van der Waals surface area contributed by atoms with Crippen LogP contribution in [0.2, 0.25) is 0 Å². The number of rotatable bonds is 7. The molecule has 3 unspecified atom stereocenters. The molecule has 0 aliphatic carbocycles. The Bertz CT molecular complexity index is 1000. The van der Waals surface area contributed by atoms with Crippen molar-refractivity contribution in [3.63, 3.8) is 0 Å². The van der Waals surface area contributed by atoms with Crippen LogP contribution in [0.4, 0.5) is 0 Å². The summed E-state index contributed by atoms with van der Waals surface area (Å²) < 4.78 is 20.6. The highest BCUT2D eigenvalue weighted by molar-refractivity contribution is 5.98. The van der Waals surface area contributed by atoms with E-state index in [1.54, 1.807) is 30.3 Å². The van der Waals surface area contributed by atoms with Gasteiger partial charge in [0.1, 0.15) is 11.8 Å². The molecule has 0 saturated carbocycles. The molecule has 1 aliphatic heterocycles. The van der Waals surface area contributed by atoms with Gasteiger partial charge in [-0.15, -0.1) is 0 Å². The maximum atomic E-state index is 13.6. The van der Waals surface area contributed by atoms with Crippen LogP contribution >= 0.6 is 0 Å². The Kier molecular flexibility index (Phi) is 6.87. The number of hydrogen-bond acceptors (Lipinski definition) is 7. The highest BCUT2D eigenvalue weighted by Crippen LogP contribution is 2.43. The van der Waals surface area contributed by atoms with Crippen LogP contribution in [0.15, 0.2) is 42.5 Å². The van der Waals surface area contributed by atoms with E-state index in [-0.39, 0.29) is 12.0 Å². The van der Waals surface area contributed by atoms with Crippen molar-refractivity contribution in [3.05, 3.63) is 53.6 Å². The van der Waals surface area contributed by atoms with Gasteiger partial charge in [0.2, 0.25) is 0 Å². The number of carbonyl (C=O) groups excluding carboxylic acids is 2. The Balaban J connectivity index is 2.11. The van der Waals surface area contributed by atoms with Crippen molar-refractivity contribution in [1.82, 2.24) is 4.90 Å². The van der Waals surface area contributed by atoms with Gasteiger partial charge in [0.25, 0.3) is 5.91 Å². The molecule has 1 fully saturated rings. The summed E-state index contributed by atoms with van der Waals surface area (Å²) in [4.78, 5) is 39.5. The lowest BCUT2D eigenvalue weighted by molar-refractivity contribution is -0.146. The molecule has 9 nitrogen and oxygen atoms in total. The van der Waals surface area contributed by atoms with Gasteiger partial charge in [-0.1, -0.05) is 12.1 Å². The van der Waals surface area contributed by atoms with Gasteiger partial charge in [-0.05, 0) is 42.3 Å². The number of hydrogen-bond donors (Lipinski definition) is 1. The number of benzene rings is 2. The maximum absolute atomic E-state index is 13.6. The monoisotopic (exact) mass is 443 g/mol. The van der Waals surface area contributed by atoms with Gasteiger partial charge in [-0.2, -0.15) is 0 Å². The first kappa shape index (κ1) is 22.9. The number of methoxy groups -OCH3 is 4. The Morgan fingerprint density at radius 2 is 1.56 bits per heavy atom. The van der Waals surface area contributed by atoms with Crippen molar-refractivity contribution in [2.75, 3.05) is 28.4 Å². The van der Waals surface area contributed by atoms with Gasteiger partial charge < -0.3 is 29.0 Å². The highest BCUT2D eigenvalue weighted by Gasteiger charge is 2.51. The number of ether oxygens (including phenoxy) is 4. The number of aliphatic carboxylic acids is 1. The van der Waals surface area contributed by atoms with E-state index < -0.39 is 35.8 Å². The number of esters is 1. The fourth-order valence-electron chi connectivity index (χ4n) is 4.05. The Morgan fingerprint density at radius 3 is 2.09 bits per heavy atom. The van der Waals surface area contributed by atoms with E-state index in [0.29, 0.717) is 22.8 Å². The molecule has 1 saturated heterocycles. The summed E-state index contributed by atoms with van der Waals surface area (Å²) >= 11 is 0. The predicted molar refractivity (Wildman–Crippen MR) is 113 cm³/mol. The van der Waals surface area contributed by atoms with E-state index in [1.807, 2.05) is 0 Å². The molecular weight excluding hydrogens is 418 g/mol. The summed E-state index contributed by atoms with van der Waals surface area (Å²) in [6.45, 7) is 0. The zero-order valence-electron chi connectivity index (χ0n) is 18.2. The third kappa shape index (κ3) is 4.18. The summed E-state index contributed by atoms with van der Waals surface area (Å²) in [7, 11) is 5.67. The molecule has 170 valence electrons. The molecule has 3 rings (SSSR count). The van der Waals surface area contributed by atoms with Crippen LogP contribution in [0.25, 0.3) is 0 Å². The maximum Gasteiger partial charge on any atom is 0.326 e. The zero-order valence-corrected chi connectivity index (χ0v) is 18.2. The van der Waals surface area contributed by atoms with Crippen LogP contribution in [-0.4, -0.2) is 62.3 Å². The summed E-state index contributed by atoms with van der Waals surface area (Å²) in [6, 6.07) is 9.32. The van der Waals surface area contributed by atoms with E-state index >= 15 is 0 Å². The van der Waals surface area contributed by atoms with Gasteiger partial charge in [0.05, 0.1) is 40.4 Å².